The first-order chi connectivity index (χ1) is 9.67. The molecule has 1 saturated carbocycles. The largest absolute Gasteiger partial charge is 0.368 e. The molecule has 1 aliphatic rings. The van der Waals surface area contributed by atoms with Gasteiger partial charge in [0.25, 0.3) is 0 Å². The van der Waals surface area contributed by atoms with Crippen LogP contribution in [-0.2, 0) is 6.42 Å². The van der Waals surface area contributed by atoms with Gasteiger partial charge in [-0.25, -0.2) is 4.98 Å². The lowest BCUT2D eigenvalue weighted by Gasteiger charge is -2.21. The molecule has 0 spiro atoms. The van der Waals surface area contributed by atoms with E-state index in [0.29, 0.717) is 12.0 Å². The third-order valence-electron chi connectivity index (χ3n) is 4.28. The monoisotopic (exact) mass is 290 g/mol. The molecule has 2 heterocycles. The second-order valence-electron chi connectivity index (χ2n) is 5.69. The normalized spacial score (nSPS) is 17.7. The number of nitrogens with one attached hydrogen (secondary N) is 1. The molecule has 0 bridgehead atoms. The van der Waals surface area contributed by atoms with Crippen LogP contribution in [0.3, 0.4) is 0 Å². The van der Waals surface area contributed by atoms with Crippen LogP contribution in [-0.4, -0.2) is 16.0 Å². The number of nitrogen functional groups attached to an aromatic ring is 1. The highest BCUT2D eigenvalue weighted by Crippen LogP contribution is 2.33. The Labute approximate surface area is 123 Å². The molecule has 0 amide bonds. The molecule has 0 aliphatic heterocycles. The van der Waals surface area contributed by atoms with Gasteiger partial charge in [0.15, 0.2) is 0 Å². The number of rotatable bonds is 4. The number of anilines is 2. The number of hydrogen-bond acceptors (Lipinski definition) is 5. The molecule has 0 saturated heterocycles. The fraction of sp³-hybridized carbons (Fsp3) is 0.600. The van der Waals surface area contributed by atoms with Gasteiger partial charge in [0.2, 0.25) is 5.95 Å². The highest BCUT2D eigenvalue weighted by molar-refractivity contribution is 7.18. The van der Waals surface area contributed by atoms with Crippen LogP contribution in [0, 0.1) is 5.92 Å². The summed E-state index contributed by atoms with van der Waals surface area (Å²) in [5.74, 6) is 2.02. The van der Waals surface area contributed by atoms with E-state index in [1.54, 1.807) is 11.3 Å². The fourth-order valence-electron chi connectivity index (χ4n) is 3.06. The molecular weight excluding hydrogens is 268 g/mol. The van der Waals surface area contributed by atoms with Crippen LogP contribution < -0.4 is 11.1 Å². The lowest BCUT2D eigenvalue weighted by Crippen LogP contribution is -2.24. The summed E-state index contributed by atoms with van der Waals surface area (Å²) in [6.45, 7) is 4.42. The van der Waals surface area contributed by atoms with Crippen molar-refractivity contribution in [2.24, 2.45) is 5.92 Å². The Bertz CT molecular complexity index is 601. The molecule has 1 aliphatic carbocycles. The van der Waals surface area contributed by atoms with Crippen molar-refractivity contribution in [2.75, 3.05) is 11.1 Å². The van der Waals surface area contributed by atoms with E-state index in [0.717, 1.165) is 28.4 Å². The first kappa shape index (κ1) is 13.6. The number of thiophene rings is 1. The Morgan fingerprint density at radius 1 is 1.40 bits per heavy atom. The average molecular weight is 290 g/mol. The van der Waals surface area contributed by atoms with Crippen LogP contribution >= 0.6 is 11.3 Å². The molecule has 1 fully saturated rings. The zero-order chi connectivity index (χ0) is 14.1. The summed E-state index contributed by atoms with van der Waals surface area (Å²) >= 11 is 1.71. The van der Waals surface area contributed by atoms with E-state index in [1.165, 1.54) is 30.6 Å². The van der Waals surface area contributed by atoms with Crippen LogP contribution in [0.15, 0.2) is 6.07 Å². The van der Waals surface area contributed by atoms with Gasteiger partial charge in [-0.1, -0.05) is 19.8 Å². The Morgan fingerprint density at radius 3 is 2.85 bits per heavy atom. The second kappa shape index (κ2) is 5.56. The van der Waals surface area contributed by atoms with Crippen molar-refractivity contribution in [2.45, 2.75) is 52.0 Å². The topological polar surface area (TPSA) is 63.8 Å². The lowest BCUT2D eigenvalue weighted by molar-refractivity contribution is 0.481. The van der Waals surface area contributed by atoms with Crippen molar-refractivity contribution in [3.05, 3.63) is 10.9 Å². The van der Waals surface area contributed by atoms with Crippen LogP contribution in [0.2, 0.25) is 0 Å². The number of aryl methyl sites for hydroxylation is 1. The minimum Gasteiger partial charge on any atom is -0.368 e. The maximum absolute atomic E-state index is 5.85. The van der Waals surface area contributed by atoms with E-state index < -0.39 is 0 Å². The number of fused-ring (bicyclic) bond motifs is 1. The van der Waals surface area contributed by atoms with Crippen molar-refractivity contribution in [3.8, 4) is 0 Å². The van der Waals surface area contributed by atoms with Crippen molar-refractivity contribution in [1.82, 2.24) is 9.97 Å². The van der Waals surface area contributed by atoms with Gasteiger partial charge in [-0.2, -0.15) is 4.98 Å². The Hall–Kier alpha value is -1.36. The smallest absolute Gasteiger partial charge is 0.223 e. The van der Waals surface area contributed by atoms with E-state index in [4.69, 9.17) is 5.73 Å². The summed E-state index contributed by atoms with van der Waals surface area (Å²) in [5, 5.41) is 4.70. The summed E-state index contributed by atoms with van der Waals surface area (Å²) in [5.41, 5.74) is 5.85. The van der Waals surface area contributed by atoms with Crippen molar-refractivity contribution in [3.63, 3.8) is 0 Å². The van der Waals surface area contributed by atoms with Gasteiger partial charge in [-0.3, -0.25) is 0 Å². The van der Waals surface area contributed by atoms with Crippen LogP contribution in [0.1, 0.15) is 44.4 Å². The summed E-state index contributed by atoms with van der Waals surface area (Å²) in [6, 6.07) is 2.64. The predicted octanol–water partition coefficient (Wildman–Crippen LogP) is 3.83. The van der Waals surface area contributed by atoms with Gasteiger partial charge in [0, 0.05) is 10.9 Å². The van der Waals surface area contributed by atoms with Crippen LogP contribution in [0.5, 0.6) is 0 Å². The molecule has 1 atom stereocenters. The SMILES string of the molecule is CCc1cc2c(NC(C)C3CCCC3)nc(N)nc2s1. The quantitative estimate of drug-likeness (QED) is 0.898. The maximum Gasteiger partial charge on any atom is 0.223 e. The lowest BCUT2D eigenvalue weighted by atomic mass is 10.00. The molecule has 3 N–H and O–H groups in total. The minimum absolute atomic E-state index is 0.364. The average Bonchev–Trinajstić information content (AvgIpc) is 3.07. The molecule has 0 aromatic carbocycles. The number of aromatic nitrogens is 2. The van der Waals surface area contributed by atoms with Gasteiger partial charge in [0.05, 0.1) is 5.39 Å². The molecule has 1 unspecified atom stereocenters. The summed E-state index contributed by atoms with van der Waals surface area (Å²) in [6.07, 6.45) is 6.38. The zero-order valence-corrected chi connectivity index (χ0v) is 13.0. The summed E-state index contributed by atoms with van der Waals surface area (Å²) < 4.78 is 0. The molecule has 3 rings (SSSR count). The molecular formula is C15H22N4S. The fourth-order valence-corrected chi connectivity index (χ4v) is 4.04. The van der Waals surface area contributed by atoms with E-state index in [-0.39, 0.29) is 0 Å². The van der Waals surface area contributed by atoms with E-state index in [1.807, 2.05) is 0 Å². The Kier molecular flexibility index (Phi) is 3.78. The number of hydrogen-bond donors (Lipinski definition) is 2. The van der Waals surface area contributed by atoms with Crippen molar-refractivity contribution in [1.29, 1.82) is 0 Å². The summed E-state index contributed by atoms with van der Waals surface area (Å²) in [4.78, 5) is 11.1. The highest BCUT2D eigenvalue weighted by Gasteiger charge is 2.22. The number of nitrogens with two attached hydrogens (primary N) is 1. The molecule has 5 heteroatoms. The highest BCUT2D eigenvalue weighted by atomic mass is 32.1. The third-order valence-corrected chi connectivity index (χ3v) is 5.45. The third kappa shape index (κ3) is 2.59. The van der Waals surface area contributed by atoms with E-state index in [9.17, 15) is 0 Å². The van der Waals surface area contributed by atoms with Gasteiger partial charge >= 0.3 is 0 Å². The first-order valence-electron chi connectivity index (χ1n) is 7.50. The van der Waals surface area contributed by atoms with Crippen molar-refractivity contribution >= 4 is 33.3 Å². The number of nitrogens with zero attached hydrogens (tertiary/aromatic N) is 2. The molecule has 2 aromatic heterocycles. The van der Waals surface area contributed by atoms with E-state index >= 15 is 0 Å². The summed E-state index contributed by atoms with van der Waals surface area (Å²) in [7, 11) is 0. The molecule has 0 radical (unpaired) electrons. The van der Waals surface area contributed by atoms with Gasteiger partial charge in [0.1, 0.15) is 10.6 Å². The van der Waals surface area contributed by atoms with Gasteiger partial charge in [-0.15, -0.1) is 11.3 Å². The molecule has 108 valence electrons. The predicted molar refractivity (Wildman–Crippen MR) is 86.2 cm³/mol. The van der Waals surface area contributed by atoms with Gasteiger partial charge in [-0.05, 0) is 38.2 Å². The molecule has 4 nitrogen and oxygen atoms in total. The second-order valence-corrected chi connectivity index (χ2v) is 6.81. The molecule has 2 aromatic rings. The van der Waals surface area contributed by atoms with E-state index in [2.05, 4.69) is 35.2 Å². The first-order valence-corrected chi connectivity index (χ1v) is 8.31. The molecule has 20 heavy (non-hydrogen) atoms. The standard InChI is InChI=1S/C15H22N4S/c1-3-11-8-12-13(18-15(16)19-14(12)20-11)17-9(2)10-6-4-5-7-10/h8-10H,3-7H2,1-2H3,(H3,16,17,18,19). The van der Waals surface area contributed by atoms with Gasteiger partial charge < -0.3 is 11.1 Å². The maximum atomic E-state index is 5.85. The zero-order valence-electron chi connectivity index (χ0n) is 12.1. The minimum atomic E-state index is 0.364. The van der Waals surface area contributed by atoms with Crippen LogP contribution in [0.25, 0.3) is 10.2 Å². The van der Waals surface area contributed by atoms with Crippen LogP contribution in [0.4, 0.5) is 11.8 Å². The van der Waals surface area contributed by atoms with Crippen molar-refractivity contribution < 1.29 is 0 Å². The Morgan fingerprint density at radius 2 is 2.15 bits per heavy atom. The Balaban J connectivity index is 1.91.